The molecule has 0 fully saturated rings. The molecule has 1 N–H and O–H groups in total. The van der Waals surface area contributed by atoms with Crippen molar-refractivity contribution in [3.8, 4) is 6.07 Å². The summed E-state index contributed by atoms with van der Waals surface area (Å²) in [7, 11) is 0. The molecular weight excluding hydrogens is 219 g/mol. The van der Waals surface area contributed by atoms with E-state index in [1.165, 1.54) is 18.2 Å². The summed E-state index contributed by atoms with van der Waals surface area (Å²) in [6.45, 7) is 5.37. The molecule has 0 bridgehead atoms. The van der Waals surface area contributed by atoms with Gasteiger partial charge in [0.15, 0.2) is 0 Å². The van der Waals surface area contributed by atoms with Crippen LogP contribution in [0.3, 0.4) is 0 Å². The molecule has 17 heavy (non-hydrogen) atoms. The zero-order valence-electron chi connectivity index (χ0n) is 10.1. The monoisotopic (exact) mass is 234 g/mol. The number of amides is 1. The van der Waals surface area contributed by atoms with Gasteiger partial charge in [0.1, 0.15) is 11.9 Å². The summed E-state index contributed by atoms with van der Waals surface area (Å²) < 4.78 is 12.9. The standard InChI is InChI=1S/C13H15FN2O/c1-8(2)12(7-15)16-13(17)11-5-4-10(14)6-9(11)3/h4-6,8,12H,1-3H3,(H,16,17). The quantitative estimate of drug-likeness (QED) is 0.873. The second kappa shape index (κ2) is 5.44. The molecule has 1 atom stereocenters. The number of nitriles is 1. The van der Waals surface area contributed by atoms with Crippen molar-refractivity contribution >= 4 is 5.91 Å². The first-order chi connectivity index (χ1) is 7.95. The number of benzene rings is 1. The van der Waals surface area contributed by atoms with Crippen molar-refractivity contribution in [3.63, 3.8) is 0 Å². The number of nitrogens with zero attached hydrogens (tertiary/aromatic N) is 1. The van der Waals surface area contributed by atoms with E-state index in [2.05, 4.69) is 5.32 Å². The van der Waals surface area contributed by atoms with E-state index in [1.807, 2.05) is 19.9 Å². The van der Waals surface area contributed by atoms with Gasteiger partial charge in [-0.2, -0.15) is 5.26 Å². The zero-order chi connectivity index (χ0) is 13.0. The topological polar surface area (TPSA) is 52.9 Å². The Hall–Kier alpha value is -1.89. The van der Waals surface area contributed by atoms with Gasteiger partial charge in [-0.1, -0.05) is 13.8 Å². The van der Waals surface area contributed by atoms with Crippen molar-refractivity contribution < 1.29 is 9.18 Å². The SMILES string of the molecule is Cc1cc(F)ccc1C(=O)NC(C#N)C(C)C. The lowest BCUT2D eigenvalue weighted by atomic mass is 10.0. The third-order valence-corrected chi connectivity index (χ3v) is 2.53. The van der Waals surface area contributed by atoms with Gasteiger partial charge in [0.05, 0.1) is 6.07 Å². The van der Waals surface area contributed by atoms with Crippen LogP contribution in [-0.4, -0.2) is 11.9 Å². The fraction of sp³-hybridized carbons (Fsp3) is 0.385. The molecular formula is C13H15FN2O. The van der Waals surface area contributed by atoms with Crippen LogP contribution < -0.4 is 5.32 Å². The highest BCUT2D eigenvalue weighted by molar-refractivity contribution is 5.95. The molecule has 0 aliphatic heterocycles. The van der Waals surface area contributed by atoms with Gasteiger partial charge < -0.3 is 5.32 Å². The molecule has 1 aromatic carbocycles. The molecule has 0 saturated heterocycles. The molecule has 0 aliphatic carbocycles. The lowest BCUT2D eigenvalue weighted by Crippen LogP contribution is -2.37. The van der Waals surface area contributed by atoms with Gasteiger partial charge in [0.25, 0.3) is 5.91 Å². The number of carbonyl (C=O) groups excluding carboxylic acids is 1. The molecule has 0 heterocycles. The van der Waals surface area contributed by atoms with E-state index in [4.69, 9.17) is 5.26 Å². The average molecular weight is 234 g/mol. The van der Waals surface area contributed by atoms with Crippen LogP contribution >= 0.6 is 0 Å². The fourth-order valence-corrected chi connectivity index (χ4v) is 1.45. The van der Waals surface area contributed by atoms with Crippen LogP contribution in [0.25, 0.3) is 0 Å². The summed E-state index contributed by atoms with van der Waals surface area (Å²) in [5, 5.41) is 11.5. The first-order valence-electron chi connectivity index (χ1n) is 5.42. The third kappa shape index (κ3) is 3.28. The Morgan fingerprint density at radius 1 is 1.47 bits per heavy atom. The summed E-state index contributed by atoms with van der Waals surface area (Å²) in [5.41, 5.74) is 0.954. The fourth-order valence-electron chi connectivity index (χ4n) is 1.45. The largest absolute Gasteiger partial charge is 0.336 e. The molecule has 3 nitrogen and oxygen atoms in total. The molecule has 0 aliphatic rings. The second-order valence-corrected chi connectivity index (χ2v) is 4.28. The summed E-state index contributed by atoms with van der Waals surface area (Å²) in [5.74, 6) is -0.688. The lowest BCUT2D eigenvalue weighted by molar-refractivity contribution is 0.0937. The number of carbonyl (C=O) groups is 1. The van der Waals surface area contributed by atoms with E-state index in [1.54, 1.807) is 6.92 Å². The minimum absolute atomic E-state index is 0.0321. The van der Waals surface area contributed by atoms with E-state index in [0.29, 0.717) is 11.1 Å². The van der Waals surface area contributed by atoms with Crippen molar-refractivity contribution in [3.05, 3.63) is 35.1 Å². The number of aryl methyl sites for hydroxylation is 1. The van der Waals surface area contributed by atoms with E-state index < -0.39 is 6.04 Å². The number of hydrogen-bond donors (Lipinski definition) is 1. The maximum absolute atomic E-state index is 12.9. The first kappa shape index (κ1) is 13.2. The Kier molecular flexibility index (Phi) is 4.22. The van der Waals surface area contributed by atoms with Gasteiger partial charge in [0, 0.05) is 5.56 Å². The van der Waals surface area contributed by atoms with Crippen molar-refractivity contribution in [2.75, 3.05) is 0 Å². The number of halogens is 1. The number of rotatable bonds is 3. The Morgan fingerprint density at radius 3 is 2.59 bits per heavy atom. The molecule has 1 rings (SSSR count). The third-order valence-electron chi connectivity index (χ3n) is 2.53. The Bertz CT molecular complexity index is 463. The van der Waals surface area contributed by atoms with E-state index >= 15 is 0 Å². The van der Waals surface area contributed by atoms with Crippen molar-refractivity contribution in [1.29, 1.82) is 5.26 Å². The van der Waals surface area contributed by atoms with Crippen LogP contribution in [0.5, 0.6) is 0 Å². The van der Waals surface area contributed by atoms with Crippen LogP contribution in [0.4, 0.5) is 4.39 Å². The molecule has 0 spiro atoms. The van der Waals surface area contributed by atoms with Crippen LogP contribution in [-0.2, 0) is 0 Å². The number of nitrogens with one attached hydrogen (secondary N) is 1. The van der Waals surface area contributed by atoms with E-state index in [-0.39, 0.29) is 17.6 Å². The smallest absolute Gasteiger partial charge is 0.252 e. The Labute approximate surface area is 100 Å². The molecule has 90 valence electrons. The molecule has 1 aromatic rings. The predicted molar refractivity (Wildman–Crippen MR) is 62.8 cm³/mol. The zero-order valence-corrected chi connectivity index (χ0v) is 10.1. The Morgan fingerprint density at radius 2 is 2.12 bits per heavy atom. The van der Waals surface area contributed by atoms with Crippen molar-refractivity contribution in [2.24, 2.45) is 5.92 Å². The highest BCUT2D eigenvalue weighted by atomic mass is 19.1. The molecule has 0 aromatic heterocycles. The highest BCUT2D eigenvalue weighted by Crippen LogP contribution is 2.11. The predicted octanol–water partition coefficient (Wildman–Crippen LogP) is 2.41. The van der Waals surface area contributed by atoms with Crippen LogP contribution in [0.1, 0.15) is 29.8 Å². The summed E-state index contributed by atoms with van der Waals surface area (Å²) in [6.07, 6.45) is 0. The molecule has 1 amide bonds. The van der Waals surface area contributed by atoms with Crippen LogP contribution in [0.2, 0.25) is 0 Å². The highest BCUT2D eigenvalue weighted by Gasteiger charge is 2.17. The summed E-state index contributed by atoms with van der Waals surface area (Å²) >= 11 is 0. The van der Waals surface area contributed by atoms with E-state index in [0.717, 1.165) is 0 Å². The first-order valence-corrected chi connectivity index (χ1v) is 5.42. The van der Waals surface area contributed by atoms with Gasteiger partial charge in [-0.3, -0.25) is 4.79 Å². The van der Waals surface area contributed by atoms with Crippen molar-refractivity contribution in [2.45, 2.75) is 26.8 Å². The minimum atomic E-state index is -0.535. The normalized spacial score (nSPS) is 12.0. The minimum Gasteiger partial charge on any atom is -0.336 e. The average Bonchev–Trinajstić information content (AvgIpc) is 2.24. The van der Waals surface area contributed by atoms with Crippen molar-refractivity contribution in [1.82, 2.24) is 5.32 Å². The molecule has 4 heteroatoms. The molecule has 0 saturated carbocycles. The summed E-state index contributed by atoms with van der Waals surface area (Å²) in [6, 6.07) is 5.45. The van der Waals surface area contributed by atoms with Crippen LogP contribution in [0.15, 0.2) is 18.2 Å². The van der Waals surface area contributed by atoms with Gasteiger partial charge in [-0.05, 0) is 36.6 Å². The molecule has 0 radical (unpaired) electrons. The maximum atomic E-state index is 12.9. The number of hydrogen-bond acceptors (Lipinski definition) is 2. The van der Waals surface area contributed by atoms with Gasteiger partial charge in [-0.15, -0.1) is 0 Å². The maximum Gasteiger partial charge on any atom is 0.252 e. The van der Waals surface area contributed by atoms with Gasteiger partial charge in [-0.25, -0.2) is 4.39 Å². The van der Waals surface area contributed by atoms with E-state index in [9.17, 15) is 9.18 Å². The van der Waals surface area contributed by atoms with Gasteiger partial charge in [0.2, 0.25) is 0 Å². The van der Waals surface area contributed by atoms with Crippen LogP contribution in [0, 0.1) is 30.0 Å². The second-order valence-electron chi connectivity index (χ2n) is 4.28. The van der Waals surface area contributed by atoms with Gasteiger partial charge >= 0.3 is 0 Å². The summed E-state index contributed by atoms with van der Waals surface area (Å²) in [4.78, 5) is 11.9. The Balaban J connectivity index is 2.87. The lowest BCUT2D eigenvalue weighted by Gasteiger charge is -2.15. The molecule has 1 unspecified atom stereocenters.